The molecule has 2 aromatic carbocycles. The van der Waals surface area contributed by atoms with Crippen molar-refractivity contribution >= 4 is 41.1 Å². The number of hydrogen-bond donors (Lipinski definition) is 3. The molecule has 6 aromatic rings. The fraction of sp³-hybridized carbons (Fsp3) is 0.279. The zero-order valence-corrected chi connectivity index (χ0v) is 33.2. The smallest absolute Gasteiger partial charge is 0.324 e. The number of nitrogens with zero attached hydrogens (tertiary/aromatic N) is 7. The summed E-state index contributed by atoms with van der Waals surface area (Å²) in [6, 6.07) is 18.9. The molecule has 2 aliphatic rings. The van der Waals surface area contributed by atoms with Crippen molar-refractivity contribution in [2.24, 2.45) is 0 Å². The van der Waals surface area contributed by atoms with Crippen molar-refractivity contribution < 1.29 is 23.0 Å². The Kier molecular flexibility index (Phi) is 17.7. The number of halogens is 4. The average Bonchev–Trinajstić information content (AvgIpc) is 3.22. The Morgan fingerprint density at radius 1 is 0.683 bits per heavy atom. The Hall–Kier alpha value is -5.71. The first-order valence-electron chi connectivity index (χ1n) is 18.2. The van der Waals surface area contributed by atoms with Crippen LogP contribution in [0.5, 0.6) is 0 Å². The number of urea groups is 1. The van der Waals surface area contributed by atoms with Crippen LogP contribution < -0.4 is 16.4 Å². The second kappa shape index (κ2) is 22.6. The molecule has 0 saturated carbocycles. The summed E-state index contributed by atoms with van der Waals surface area (Å²) in [5.41, 5.74) is 12.9. The summed E-state index contributed by atoms with van der Waals surface area (Å²) in [6.07, 6.45) is 3.25. The van der Waals surface area contributed by atoms with Crippen LogP contribution in [0.1, 0.15) is 26.2 Å². The zero-order valence-electron chi connectivity index (χ0n) is 31.7. The molecular formula is C43H48Cl2F2N10O3. The Bertz CT molecular complexity index is 2280. The third kappa shape index (κ3) is 13.1. The fourth-order valence-corrected chi connectivity index (χ4v) is 6.44. The lowest BCUT2D eigenvalue weighted by atomic mass is 10.0. The number of rotatable bonds is 5. The molecule has 0 aliphatic carbocycles. The van der Waals surface area contributed by atoms with E-state index in [4.69, 9.17) is 38.4 Å². The predicted molar refractivity (Wildman–Crippen MR) is 234 cm³/mol. The molecular weight excluding hydrogens is 813 g/mol. The number of aryl methyl sites for hydroxylation is 2. The van der Waals surface area contributed by atoms with Crippen molar-refractivity contribution in [2.45, 2.75) is 28.7 Å². The number of nitrogens with two attached hydrogens (primary N) is 1. The quantitative estimate of drug-likeness (QED) is 0.142. The van der Waals surface area contributed by atoms with E-state index in [-0.39, 0.29) is 44.4 Å². The maximum Gasteiger partial charge on any atom is 0.324 e. The number of pyridine rings is 2. The highest BCUT2D eigenvalue weighted by molar-refractivity contribution is 6.30. The van der Waals surface area contributed by atoms with Gasteiger partial charge in [0.2, 0.25) is 11.9 Å². The number of amides is 2. The zero-order chi connectivity index (χ0) is 41.0. The Morgan fingerprint density at radius 3 is 1.60 bits per heavy atom. The van der Waals surface area contributed by atoms with Crippen molar-refractivity contribution in [3.8, 4) is 44.8 Å². The number of nitrogens with one attached hydrogen (secondary N) is 2. The van der Waals surface area contributed by atoms with Gasteiger partial charge in [0.1, 0.15) is 21.9 Å². The van der Waals surface area contributed by atoms with Crippen LogP contribution in [0.4, 0.5) is 25.5 Å². The molecule has 0 bridgehead atoms. The minimum atomic E-state index is -0.349. The van der Waals surface area contributed by atoms with E-state index < -0.39 is 0 Å². The molecule has 60 heavy (non-hydrogen) atoms. The molecule has 4 N–H and O–H groups in total. The van der Waals surface area contributed by atoms with Gasteiger partial charge >= 0.3 is 6.03 Å². The first-order chi connectivity index (χ1) is 28.0. The molecule has 8 rings (SSSR count). The lowest BCUT2D eigenvalue weighted by Gasteiger charge is -2.26. The molecule has 2 aliphatic heterocycles. The predicted octanol–water partition coefficient (Wildman–Crippen LogP) is 8.94. The molecule has 2 fully saturated rings. The Morgan fingerprint density at radius 2 is 1.15 bits per heavy atom. The van der Waals surface area contributed by atoms with Gasteiger partial charge in [-0.25, -0.2) is 43.5 Å². The van der Waals surface area contributed by atoms with E-state index in [2.05, 4.69) is 40.5 Å². The van der Waals surface area contributed by atoms with Crippen molar-refractivity contribution in [1.82, 2.24) is 40.1 Å². The molecule has 6 heterocycles. The number of hydrogen-bond acceptors (Lipinski definition) is 11. The second-order valence-electron chi connectivity index (χ2n) is 13.0. The highest BCUT2D eigenvalue weighted by atomic mass is 35.5. The number of anilines is 2. The summed E-state index contributed by atoms with van der Waals surface area (Å²) in [6.45, 7) is 9.52. The second-order valence-corrected chi connectivity index (χ2v) is 13.8. The molecule has 0 unspecified atom stereocenters. The van der Waals surface area contributed by atoms with Gasteiger partial charge in [-0.3, -0.25) is 5.32 Å². The van der Waals surface area contributed by atoms with E-state index in [1.54, 1.807) is 53.7 Å². The van der Waals surface area contributed by atoms with Gasteiger partial charge in [0.15, 0.2) is 0 Å². The first kappa shape index (κ1) is 47.0. The molecule has 4 aromatic heterocycles. The molecule has 0 spiro atoms. The van der Waals surface area contributed by atoms with Gasteiger partial charge in [0.05, 0.1) is 37.8 Å². The van der Waals surface area contributed by atoms with Crippen LogP contribution in [0.2, 0.25) is 10.3 Å². The number of aromatic nitrogens is 6. The first-order valence-corrected chi connectivity index (χ1v) is 19.0. The van der Waals surface area contributed by atoms with E-state index >= 15 is 0 Å². The van der Waals surface area contributed by atoms with E-state index in [0.717, 1.165) is 59.9 Å². The summed E-state index contributed by atoms with van der Waals surface area (Å²) in [5, 5.41) is 6.62. The van der Waals surface area contributed by atoms with E-state index in [0.29, 0.717) is 59.1 Å². The third-order valence-electron chi connectivity index (χ3n) is 8.66. The van der Waals surface area contributed by atoms with Crippen molar-refractivity contribution in [3.05, 3.63) is 119 Å². The normalized spacial score (nSPS) is 13.3. The standard InChI is InChI=1S/C21H19ClFN5O2.C16H12ClFN4.C4H9NO.2CH4/c1-13-10-15(11-18(22)25-13)17-12-24-20(27-21(29)28-6-8-30-9-7-28)26-19(17)14-2-4-16(23)5-3-14;1-9-6-11(7-14(17)21-9)13-8-20-16(19)22-15(13)10-2-4-12(18)5-3-10;1-3-6-4-2-5-1;;/h2-5,10-12H,6-9H2,1H3,(H,24,26,27,29);2-8H,1H3,(H2,19,20,22);5H,1-4H2;2*1H4. The molecule has 2 saturated heterocycles. The minimum Gasteiger partial charge on any atom is -0.379 e. The number of carbonyl (C=O) groups is 1. The maximum atomic E-state index is 13.5. The fourth-order valence-electron chi connectivity index (χ4n) is 5.94. The molecule has 316 valence electrons. The topological polar surface area (TPSA) is 166 Å². The van der Waals surface area contributed by atoms with E-state index in [9.17, 15) is 13.6 Å². The number of carbonyl (C=O) groups excluding carboxylic acids is 1. The monoisotopic (exact) mass is 860 g/mol. The number of nitrogen functional groups attached to an aromatic ring is 1. The Balaban J connectivity index is 0.000000232. The van der Waals surface area contributed by atoms with Gasteiger partial charge in [-0.2, -0.15) is 0 Å². The van der Waals surface area contributed by atoms with Crippen LogP contribution in [0.15, 0.2) is 85.2 Å². The summed E-state index contributed by atoms with van der Waals surface area (Å²) >= 11 is 12.2. The van der Waals surface area contributed by atoms with Gasteiger partial charge < -0.3 is 25.4 Å². The molecule has 0 radical (unpaired) electrons. The highest BCUT2D eigenvalue weighted by Gasteiger charge is 2.20. The molecule has 17 heteroatoms. The SMILES string of the molecule is C.C.C1COCCN1.Cc1cc(-c2cnc(N)nc2-c2ccc(F)cc2)cc(Cl)n1.Cc1cc(-c2cnc(NC(=O)N3CCOCC3)nc2-c2ccc(F)cc2)cc(Cl)n1. The lowest BCUT2D eigenvalue weighted by molar-refractivity contribution is 0.0564. The summed E-state index contributed by atoms with van der Waals surface area (Å²) in [7, 11) is 0. The van der Waals surface area contributed by atoms with E-state index in [1.165, 1.54) is 24.3 Å². The van der Waals surface area contributed by atoms with Gasteiger partial charge in [-0.15, -0.1) is 0 Å². The number of benzene rings is 2. The molecule has 0 atom stereocenters. The van der Waals surface area contributed by atoms with Crippen LogP contribution >= 0.6 is 23.2 Å². The maximum absolute atomic E-state index is 13.5. The van der Waals surface area contributed by atoms with Crippen LogP contribution in [0.3, 0.4) is 0 Å². The summed E-state index contributed by atoms with van der Waals surface area (Å²) in [4.78, 5) is 39.7. The van der Waals surface area contributed by atoms with Gasteiger partial charge in [0, 0.05) is 72.2 Å². The third-order valence-corrected chi connectivity index (χ3v) is 9.05. The van der Waals surface area contributed by atoms with Crippen molar-refractivity contribution in [1.29, 1.82) is 0 Å². The Labute approximate surface area is 358 Å². The highest BCUT2D eigenvalue weighted by Crippen LogP contribution is 2.34. The lowest BCUT2D eigenvalue weighted by Crippen LogP contribution is -2.43. The van der Waals surface area contributed by atoms with Gasteiger partial charge in [0.25, 0.3) is 0 Å². The van der Waals surface area contributed by atoms with Crippen LogP contribution in [0.25, 0.3) is 44.8 Å². The van der Waals surface area contributed by atoms with Gasteiger partial charge in [-0.05, 0) is 97.8 Å². The van der Waals surface area contributed by atoms with Gasteiger partial charge in [-0.1, -0.05) is 38.1 Å². The minimum absolute atomic E-state index is 0. The number of ether oxygens (including phenoxy) is 2. The van der Waals surface area contributed by atoms with Crippen molar-refractivity contribution in [2.75, 3.05) is 63.7 Å². The largest absolute Gasteiger partial charge is 0.379 e. The van der Waals surface area contributed by atoms with Crippen LogP contribution in [0, 0.1) is 25.5 Å². The average molecular weight is 862 g/mol. The molecule has 13 nitrogen and oxygen atoms in total. The summed E-state index contributed by atoms with van der Waals surface area (Å²) < 4.78 is 36.9. The summed E-state index contributed by atoms with van der Waals surface area (Å²) in [5.74, 6) is -0.348. The number of morpholine rings is 2. The van der Waals surface area contributed by atoms with E-state index in [1.807, 2.05) is 26.0 Å². The molecule has 2 amide bonds. The van der Waals surface area contributed by atoms with Crippen molar-refractivity contribution in [3.63, 3.8) is 0 Å². The van der Waals surface area contributed by atoms with Crippen LogP contribution in [-0.4, -0.2) is 93.4 Å². The van der Waals surface area contributed by atoms with Crippen LogP contribution in [-0.2, 0) is 9.47 Å².